The maximum absolute atomic E-state index is 12.0. The van der Waals surface area contributed by atoms with Crippen LogP contribution < -0.4 is 5.32 Å². The van der Waals surface area contributed by atoms with Crippen LogP contribution in [0.3, 0.4) is 0 Å². The highest BCUT2D eigenvalue weighted by molar-refractivity contribution is 7.14. The molecule has 1 amide bonds. The van der Waals surface area contributed by atoms with Gasteiger partial charge in [0.15, 0.2) is 0 Å². The molecule has 0 aliphatic rings. The van der Waals surface area contributed by atoms with Crippen LogP contribution >= 0.6 is 22.9 Å². The molecule has 0 spiro atoms. The van der Waals surface area contributed by atoms with Crippen molar-refractivity contribution >= 4 is 39.8 Å². The molecule has 4 nitrogen and oxygen atoms in total. The summed E-state index contributed by atoms with van der Waals surface area (Å²) in [7, 11) is 0. The minimum Gasteiger partial charge on any atom is -0.478 e. The molecular formula is C13H10ClNO3S. The van der Waals surface area contributed by atoms with E-state index in [0.717, 1.165) is 16.9 Å². The zero-order chi connectivity index (χ0) is 14.0. The lowest BCUT2D eigenvalue weighted by Crippen LogP contribution is -2.13. The molecule has 98 valence electrons. The van der Waals surface area contributed by atoms with Gasteiger partial charge < -0.3 is 10.4 Å². The summed E-state index contributed by atoms with van der Waals surface area (Å²) in [5, 5.41) is 13.8. The number of benzene rings is 1. The maximum Gasteiger partial charge on any atom is 0.338 e. The van der Waals surface area contributed by atoms with Crippen LogP contribution in [0.15, 0.2) is 29.6 Å². The number of halogens is 1. The third kappa shape index (κ3) is 2.94. The lowest BCUT2D eigenvalue weighted by atomic mass is 10.1. The van der Waals surface area contributed by atoms with Gasteiger partial charge in [0, 0.05) is 0 Å². The largest absolute Gasteiger partial charge is 0.478 e. The van der Waals surface area contributed by atoms with Gasteiger partial charge >= 0.3 is 5.97 Å². The van der Waals surface area contributed by atoms with Crippen molar-refractivity contribution < 1.29 is 14.7 Å². The Morgan fingerprint density at radius 2 is 2.00 bits per heavy atom. The second-order valence-corrected chi connectivity index (χ2v) is 5.23. The van der Waals surface area contributed by atoms with Crippen LogP contribution in [-0.2, 0) is 0 Å². The van der Waals surface area contributed by atoms with Gasteiger partial charge in [-0.2, -0.15) is 0 Å². The molecule has 0 unspecified atom stereocenters. The zero-order valence-electron chi connectivity index (χ0n) is 9.94. The Hall–Kier alpha value is -1.85. The van der Waals surface area contributed by atoms with E-state index in [4.69, 9.17) is 16.7 Å². The van der Waals surface area contributed by atoms with Crippen LogP contribution in [0.1, 0.15) is 26.3 Å². The topological polar surface area (TPSA) is 66.4 Å². The average molecular weight is 296 g/mol. The fourth-order valence-electron chi connectivity index (χ4n) is 1.55. The van der Waals surface area contributed by atoms with E-state index in [1.165, 1.54) is 6.07 Å². The highest BCUT2D eigenvalue weighted by Gasteiger charge is 2.16. The van der Waals surface area contributed by atoms with Crippen molar-refractivity contribution in [1.82, 2.24) is 0 Å². The van der Waals surface area contributed by atoms with Crippen LogP contribution in [0.2, 0.25) is 5.02 Å². The monoisotopic (exact) mass is 295 g/mol. The first-order valence-corrected chi connectivity index (χ1v) is 6.63. The summed E-state index contributed by atoms with van der Waals surface area (Å²) < 4.78 is 0. The summed E-state index contributed by atoms with van der Waals surface area (Å²) in [5.41, 5.74) is 1.34. The van der Waals surface area contributed by atoms with Gasteiger partial charge in [0.05, 0.1) is 16.1 Å². The number of rotatable bonds is 3. The van der Waals surface area contributed by atoms with Crippen LogP contribution in [0.25, 0.3) is 0 Å². The third-order valence-electron chi connectivity index (χ3n) is 2.49. The van der Waals surface area contributed by atoms with Crippen molar-refractivity contribution in [2.75, 3.05) is 5.32 Å². The second-order valence-electron chi connectivity index (χ2n) is 3.91. The third-order valence-corrected chi connectivity index (χ3v) is 3.63. The van der Waals surface area contributed by atoms with Crippen molar-refractivity contribution in [3.05, 3.63) is 51.4 Å². The van der Waals surface area contributed by atoms with Crippen molar-refractivity contribution in [2.24, 2.45) is 0 Å². The normalized spacial score (nSPS) is 10.2. The number of nitrogens with one attached hydrogen (secondary N) is 1. The zero-order valence-corrected chi connectivity index (χ0v) is 11.5. The standard InChI is InChI=1S/C13H10ClNO3S/c1-7-2-3-8(10(14)6-7)11(16)15-12-9(13(17)18)4-5-19-12/h2-6H,1H3,(H,15,16)(H,17,18). The number of anilines is 1. The highest BCUT2D eigenvalue weighted by atomic mass is 35.5. The van der Waals surface area contributed by atoms with E-state index in [0.29, 0.717) is 15.6 Å². The summed E-state index contributed by atoms with van der Waals surface area (Å²) in [6.45, 7) is 1.87. The molecule has 1 heterocycles. The molecule has 2 N–H and O–H groups in total. The van der Waals surface area contributed by atoms with Gasteiger partial charge in [0.2, 0.25) is 0 Å². The number of amides is 1. The predicted molar refractivity (Wildman–Crippen MR) is 75.4 cm³/mol. The number of carbonyl (C=O) groups excluding carboxylic acids is 1. The first-order valence-electron chi connectivity index (χ1n) is 5.37. The molecule has 0 aliphatic heterocycles. The van der Waals surface area contributed by atoms with E-state index in [-0.39, 0.29) is 5.56 Å². The quantitative estimate of drug-likeness (QED) is 0.908. The molecule has 0 saturated carbocycles. The van der Waals surface area contributed by atoms with Gasteiger partial charge in [-0.15, -0.1) is 11.3 Å². The van der Waals surface area contributed by atoms with Gasteiger partial charge in [0.1, 0.15) is 5.00 Å². The summed E-state index contributed by atoms with van der Waals surface area (Å²) in [6.07, 6.45) is 0. The van der Waals surface area contributed by atoms with Crippen molar-refractivity contribution in [3.63, 3.8) is 0 Å². The number of hydrogen-bond donors (Lipinski definition) is 2. The molecule has 6 heteroatoms. The lowest BCUT2D eigenvalue weighted by Gasteiger charge is -2.06. The van der Waals surface area contributed by atoms with E-state index >= 15 is 0 Å². The average Bonchev–Trinajstić information content (AvgIpc) is 2.76. The summed E-state index contributed by atoms with van der Waals surface area (Å²) in [6, 6.07) is 6.51. The van der Waals surface area contributed by atoms with Crippen LogP contribution in [0.4, 0.5) is 5.00 Å². The minimum absolute atomic E-state index is 0.0709. The van der Waals surface area contributed by atoms with Gasteiger partial charge in [-0.05, 0) is 36.1 Å². The number of aryl methyl sites for hydroxylation is 1. The van der Waals surface area contributed by atoms with E-state index in [1.54, 1.807) is 23.6 Å². The molecule has 2 rings (SSSR count). The summed E-state index contributed by atoms with van der Waals surface area (Å²) >= 11 is 7.15. The fourth-order valence-corrected chi connectivity index (χ4v) is 2.64. The highest BCUT2D eigenvalue weighted by Crippen LogP contribution is 2.25. The van der Waals surface area contributed by atoms with Crippen LogP contribution in [0, 0.1) is 6.92 Å². The number of carboxylic acids is 1. The molecule has 19 heavy (non-hydrogen) atoms. The molecule has 1 aromatic heterocycles. The number of hydrogen-bond acceptors (Lipinski definition) is 3. The molecular weight excluding hydrogens is 286 g/mol. The van der Waals surface area contributed by atoms with Gasteiger partial charge in [0.25, 0.3) is 5.91 Å². The Labute approximate surface area is 118 Å². The summed E-state index contributed by atoms with van der Waals surface area (Å²) in [4.78, 5) is 23.0. The van der Waals surface area contributed by atoms with E-state index in [2.05, 4.69) is 5.32 Å². The van der Waals surface area contributed by atoms with Crippen LogP contribution in [-0.4, -0.2) is 17.0 Å². The molecule has 0 aliphatic carbocycles. The Bertz CT molecular complexity index is 651. The molecule has 0 atom stereocenters. The Morgan fingerprint density at radius 1 is 1.26 bits per heavy atom. The first kappa shape index (κ1) is 13.6. The predicted octanol–water partition coefficient (Wildman–Crippen LogP) is 3.66. The van der Waals surface area contributed by atoms with Crippen molar-refractivity contribution in [2.45, 2.75) is 6.92 Å². The second kappa shape index (κ2) is 5.42. The lowest BCUT2D eigenvalue weighted by molar-refractivity contribution is 0.0698. The first-order chi connectivity index (χ1) is 8.99. The number of carboxylic acid groups (broad SMARTS) is 1. The van der Waals surface area contributed by atoms with Gasteiger partial charge in [-0.3, -0.25) is 4.79 Å². The van der Waals surface area contributed by atoms with Crippen LogP contribution in [0.5, 0.6) is 0 Å². The van der Waals surface area contributed by atoms with Gasteiger partial charge in [-0.1, -0.05) is 17.7 Å². The fraction of sp³-hybridized carbons (Fsp3) is 0.0769. The molecule has 0 bridgehead atoms. The molecule has 0 fully saturated rings. The number of carbonyl (C=O) groups is 2. The Kier molecular flexibility index (Phi) is 3.87. The maximum atomic E-state index is 12.0. The SMILES string of the molecule is Cc1ccc(C(=O)Nc2sccc2C(=O)O)c(Cl)c1. The minimum atomic E-state index is -1.08. The Balaban J connectivity index is 2.26. The molecule has 0 radical (unpaired) electrons. The smallest absolute Gasteiger partial charge is 0.338 e. The van der Waals surface area contributed by atoms with E-state index in [9.17, 15) is 9.59 Å². The van der Waals surface area contributed by atoms with E-state index < -0.39 is 11.9 Å². The molecule has 0 saturated heterocycles. The number of aromatic carboxylic acids is 1. The van der Waals surface area contributed by atoms with Crippen molar-refractivity contribution in [3.8, 4) is 0 Å². The van der Waals surface area contributed by atoms with Crippen molar-refractivity contribution in [1.29, 1.82) is 0 Å². The summed E-state index contributed by atoms with van der Waals surface area (Å²) in [5.74, 6) is -1.50. The molecule has 1 aromatic carbocycles. The van der Waals surface area contributed by atoms with Gasteiger partial charge in [-0.25, -0.2) is 4.79 Å². The Morgan fingerprint density at radius 3 is 2.63 bits per heavy atom. The van der Waals surface area contributed by atoms with E-state index in [1.807, 2.05) is 6.92 Å². The molecule has 2 aromatic rings. The number of thiophene rings is 1.